The second-order valence-corrected chi connectivity index (χ2v) is 6.88. The number of hydrogen-bond donors (Lipinski definition) is 1. The van der Waals surface area contributed by atoms with E-state index in [4.69, 9.17) is 9.47 Å². The highest BCUT2D eigenvalue weighted by molar-refractivity contribution is 6.04. The van der Waals surface area contributed by atoms with Crippen molar-refractivity contribution in [2.45, 2.75) is 26.2 Å². The standard InChI is InChI=1S/C22H24F2N2O4/c1-2-29-19-13-15(22(28)25-21-16(23)7-6-8-17(21)24)9-10-18(19)30-14-20(27)26-11-4-3-5-12-26/h6-10,13H,2-5,11-12,14H2,1H3,(H,25,28). The Bertz CT molecular complexity index is 894. The Morgan fingerprint density at radius 1 is 1.00 bits per heavy atom. The summed E-state index contributed by atoms with van der Waals surface area (Å²) in [7, 11) is 0. The number of nitrogens with one attached hydrogen (secondary N) is 1. The first-order chi connectivity index (χ1) is 14.5. The number of halogens is 2. The molecule has 1 N–H and O–H groups in total. The molecular weight excluding hydrogens is 394 g/mol. The highest BCUT2D eigenvalue weighted by atomic mass is 19.1. The summed E-state index contributed by atoms with van der Waals surface area (Å²) in [6.07, 6.45) is 3.10. The molecule has 0 aromatic heterocycles. The van der Waals surface area contributed by atoms with E-state index in [0.29, 0.717) is 12.4 Å². The first-order valence-corrected chi connectivity index (χ1v) is 9.92. The molecule has 0 bridgehead atoms. The number of carbonyl (C=O) groups excluding carboxylic acids is 2. The van der Waals surface area contributed by atoms with E-state index in [1.165, 1.54) is 24.3 Å². The van der Waals surface area contributed by atoms with Gasteiger partial charge >= 0.3 is 0 Å². The Morgan fingerprint density at radius 2 is 1.70 bits per heavy atom. The molecule has 0 unspecified atom stereocenters. The first-order valence-electron chi connectivity index (χ1n) is 9.92. The lowest BCUT2D eigenvalue weighted by Crippen LogP contribution is -2.38. The fourth-order valence-corrected chi connectivity index (χ4v) is 3.21. The number of nitrogens with zero attached hydrogens (tertiary/aromatic N) is 1. The van der Waals surface area contributed by atoms with Crippen molar-refractivity contribution in [3.63, 3.8) is 0 Å². The number of rotatable bonds is 7. The third-order valence-corrected chi connectivity index (χ3v) is 4.77. The third kappa shape index (κ3) is 5.25. The Balaban J connectivity index is 1.71. The molecule has 3 rings (SSSR count). The van der Waals surface area contributed by atoms with Crippen molar-refractivity contribution in [1.29, 1.82) is 0 Å². The zero-order valence-corrected chi connectivity index (χ0v) is 16.7. The van der Waals surface area contributed by atoms with Crippen molar-refractivity contribution < 1.29 is 27.8 Å². The SMILES string of the molecule is CCOc1cc(C(=O)Nc2c(F)cccc2F)ccc1OCC(=O)N1CCCCC1. The second-order valence-electron chi connectivity index (χ2n) is 6.88. The number of anilines is 1. The van der Waals surface area contributed by atoms with E-state index in [9.17, 15) is 18.4 Å². The molecule has 1 aliphatic rings. The molecule has 0 radical (unpaired) electrons. The maximum atomic E-state index is 13.8. The van der Waals surface area contributed by atoms with Gasteiger partial charge in [0.05, 0.1) is 6.61 Å². The molecule has 0 spiro atoms. The molecule has 30 heavy (non-hydrogen) atoms. The highest BCUT2D eigenvalue weighted by Gasteiger charge is 2.19. The molecule has 2 aromatic carbocycles. The molecule has 160 valence electrons. The van der Waals surface area contributed by atoms with Gasteiger partial charge in [-0.25, -0.2) is 8.78 Å². The maximum Gasteiger partial charge on any atom is 0.260 e. The van der Waals surface area contributed by atoms with E-state index in [-0.39, 0.29) is 23.8 Å². The van der Waals surface area contributed by atoms with E-state index < -0.39 is 23.2 Å². The molecule has 1 fully saturated rings. The second kappa shape index (κ2) is 10.0. The first kappa shape index (κ1) is 21.5. The number of hydrogen-bond acceptors (Lipinski definition) is 4. The van der Waals surface area contributed by atoms with E-state index in [1.807, 2.05) is 0 Å². The average Bonchev–Trinajstić information content (AvgIpc) is 2.76. The van der Waals surface area contributed by atoms with Crippen LogP contribution < -0.4 is 14.8 Å². The van der Waals surface area contributed by atoms with Gasteiger partial charge < -0.3 is 19.7 Å². The molecule has 6 nitrogen and oxygen atoms in total. The fraction of sp³-hybridized carbons (Fsp3) is 0.364. The zero-order chi connectivity index (χ0) is 21.5. The summed E-state index contributed by atoms with van der Waals surface area (Å²) < 4.78 is 38.7. The molecule has 1 saturated heterocycles. The number of likely N-dealkylation sites (tertiary alicyclic amines) is 1. The van der Waals surface area contributed by atoms with E-state index in [0.717, 1.165) is 44.5 Å². The lowest BCUT2D eigenvalue weighted by molar-refractivity contribution is -0.134. The molecule has 8 heteroatoms. The summed E-state index contributed by atoms with van der Waals surface area (Å²) in [5, 5.41) is 2.23. The summed E-state index contributed by atoms with van der Waals surface area (Å²) in [4.78, 5) is 26.5. The molecular formula is C22H24F2N2O4. The van der Waals surface area contributed by atoms with Crippen LogP contribution in [-0.4, -0.2) is 43.0 Å². The van der Waals surface area contributed by atoms with Gasteiger partial charge in [0.25, 0.3) is 11.8 Å². The lowest BCUT2D eigenvalue weighted by Gasteiger charge is -2.26. The smallest absolute Gasteiger partial charge is 0.260 e. The molecule has 0 saturated carbocycles. The van der Waals surface area contributed by atoms with Crippen molar-refractivity contribution in [1.82, 2.24) is 4.90 Å². The summed E-state index contributed by atoms with van der Waals surface area (Å²) in [6.45, 7) is 3.40. The van der Waals surface area contributed by atoms with Gasteiger partial charge in [0.15, 0.2) is 18.1 Å². The predicted molar refractivity (Wildman–Crippen MR) is 108 cm³/mol. The number of benzene rings is 2. The number of amides is 2. The monoisotopic (exact) mass is 418 g/mol. The highest BCUT2D eigenvalue weighted by Crippen LogP contribution is 2.29. The molecule has 0 atom stereocenters. The van der Waals surface area contributed by atoms with E-state index in [1.54, 1.807) is 11.8 Å². The maximum absolute atomic E-state index is 13.8. The van der Waals surface area contributed by atoms with Crippen molar-refractivity contribution in [2.75, 3.05) is 31.6 Å². The Morgan fingerprint density at radius 3 is 2.37 bits per heavy atom. The molecule has 2 amide bonds. The van der Waals surface area contributed by atoms with Crippen LogP contribution in [0.1, 0.15) is 36.5 Å². The quantitative estimate of drug-likeness (QED) is 0.738. The van der Waals surface area contributed by atoms with Crippen LogP contribution in [0.2, 0.25) is 0 Å². The van der Waals surface area contributed by atoms with Crippen LogP contribution in [0.25, 0.3) is 0 Å². The number of piperidine rings is 1. The predicted octanol–water partition coefficient (Wildman–Crippen LogP) is 4.01. The number of para-hydroxylation sites is 1. The van der Waals surface area contributed by atoms with Crippen LogP contribution in [0.5, 0.6) is 11.5 Å². The lowest BCUT2D eigenvalue weighted by atomic mass is 10.1. The normalized spacial score (nSPS) is 13.6. The van der Waals surface area contributed by atoms with Crippen LogP contribution in [-0.2, 0) is 4.79 Å². The summed E-state index contributed by atoms with van der Waals surface area (Å²) >= 11 is 0. The van der Waals surface area contributed by atoms with Gasteiger partial charge in [-0.1, -0.05) is 6.07 Å². The minimum absolute atomic E-state index is 0.103. The van der Waals surface area contributed by atoms with Crippen molar-refractivity contribution in [2.24, 2.45) is 0 Å². The van der Waals surface area contributed by atoms with E-state index in [2.05, 4.69) is 5.32 Å². The van der Waals surface area contributed by atoms with Gasteiger partial charge in [0.2, 0.25) is 0 Å². The van der Waals surface area contributed by atoms with Crippen LogP contribution in [0, 0.1) is 11.6 Å². The topological polar surface area (TPSA) is 67.9 Å². The van der Waals surface area contributed by atoms with Gasteiger partial charge in [-0.05, 0) is 56.5 Å². The molecule has 1 heterocycles. The Labute approximate surface area is 173 Å². The van der Waals surface area contributed by atoms with Crippen LogP contribution in [0.3, 0.4) is 0 Å². The average molecular weight is 418 g/mol. The molecule has 2 aromatic rings. The third-order valence-electron chi connectivity index (χ3n) is 4.77. The van der Waals surface area contributed by atoms with Gasteiger partial charge in [-0.3, -0.25) is 9.59 Å². The minimum atomic E-state index is -0.871. The fourth-order valence-electron chi connectivity index (χ4n) is 3.21. The largest absolute Gasteiger partial charge is 0.490 e. The van der Waals surface area contributed by atoms with Gasteiger partial charge in [0, 0.05) is 18.7 Å². The zero-order valence-electron chi connectivity index (χ0n) is 16.7. The minimum Gasteiger partial charge on any atom is -0.490 e. The molecule has 0 aliphatic carbocycles. The van der Waals surface area contributed by atoms with Gasteiger partial charge in [0.1, 0.15) is 17.3 Å². The van der Waals surface area contributed by atoms with Crippen LogP contribution >= 0.6 is 0 Å². The Kier molecular flexibility index (Phi) is 7.21. The van der Waals surface area contributed by atoms with Crippen molar-refractivity contribution >= 4 is 17.5 Å². The summed E-state index contributed by atoms with van der Waals surface area (Å²) in [5.41, 5.74) is -0.385. The number of ether oxygens (including phenoxy) is 2. The Hall–Kier alpha value is -3.16. The van der Waals surface area contributed by atoms with Crippen molar-refractivity contribution in [3.8, 4) is 11.5 Å². The van der Waals surface area contributed by atoms with Gasteiger partial charge in [-0.2, -0.15) is 0 Å². The van der Waals surface area contributed by atoms with Crippen LogP contribution in [0.15, 0.2) is 36.4 Å². The summed E-state index contributed by atoms with van der Waals surface area (Å²) in [5.74, 6) is -1.96. The van der Waals surface area contributed by atoms with Gasteiger partial charge in [-0.15, -0.1) is 0 Å². The van der Waals surface area contributed by atoms with Crippen molar-refractivity contribution in [3.05, 3.63) is 53.6 Å². The van der Waals surface area contributed by atoms with E-state index >= 15 is 0 Å². The van der Waals surface area contributed by atoms with Crippen LogP contribution in [0.4, 0.5) is 14.5 Å². The number of carbonyl (C=O) groups is 2. The summed E-state index contributed by atoms with van der Waals surface area (Å²) in [6, 6.07) is 7.68. The molecule has 1 aliphatic heterocycles.